The van der Waals surface area contributed by atoms with E-state index in [-0.39, 0.29) is 36.1 Å². The smallest absolute Gasteiger partial charge is 0.241 e. The lowest BCUT2D eigenvalue weighted by molar-refractivity contribution is -0.121. The zero-order chi connectivity index (χ0) is 15.4. The highest BCUT2D eigenvalue weighted by molar-refractivity contribution is 5.75. The summed E-state index contributed by atoms with van der Waals surface area (Å²) in [6, 6.07) is 2.69. The summed E-state index contributed by atoms with van der Waals surface area (Å²) in [6.45, 7) is 1.86. The lowest BCUT2D eigenvalue weighted by Gasteiger charge is -2.07. The summed E-state index contributed by atoms with van der Waals surface area (Å²) in [4.78, 5) is 11.2. The summed E-state index contributed by atoms with van der Waals surface area (Å²) in [7, 11) is 1.49. The average Bonchev–Trinajstić information content (AvgIpc) is 2.92. The number of aromatic nitrogens is 3. The maximum atomic E-state index is 14.0. The molecule has 2 rings (SSSR count). The standard InChI is InChI=1S/C13H14F2N4O2/c1-3-21-10-5-4-8(12(14)13(10)15)9-6-19(18-17-9)7-11(20)16-2/h4-6H,3,7H2,1-2H3,(H,16,20). The first-order valence-electron chi connectivity index (χ1n) is 6.28. The molecule has 1 aromatic heterocycles. The molecule has 1 amide bonds. The van der Waals surface area contributed by atoms with Gasteiger partial charge in [-0.2, -0.15) is 4.39 Å². The Kier molecular flexibility index (Phi) is 4.46. The van der Waals surface area contributed by atoms with E-state index in [4.69, 9.17) is 4.74 Å². The molecule has 0 aliphatic rings. The zero-order valence-corrected chi connectivity index (χ0v) is 11.6. The molecular formula is C13H14F2N4O2. The Morgan fingerprint density at radius 2 is 2.14 bits per heavy atom. The van der Waals surface area contributed by atoms with Crippen molar-refractivity contribution in [1.29, 1.82) is 0 Å². The molecule has 1 aromatic carbocycles. The third-order valence-corrected chi connectivity index (χ3v) is 2.75. The van der Waals surface area contributed by atoms with Gasteiger partial charge in [-0.1, -0.05) is 5.21 Å². The first-order valence-corrected chi connectivity index (χ1v) is 6.28. The van der Waals surface area contributed by atoms with Crippen LogP contribution in [-0.2, 0) is 11.3 Å². The van der Waals surface area contributed by atoms with E-state index in [1.807, 2.05) is 0 Å². The lowest BCUT2D eigenvalue weighted by Crippen LogP contribution is -2.23. The molecule has 0 bridgehead atoms. The van der Waals surface area contributed by atoms with Crippen LogP contribution in [0.25, 0.3) is 11.3 Å². The number of ether oxygens (including phenoxy) is 1. The zero-order valence-electron chi connectivity index (χ0n) is 11.6. The predicted octanol–water partition coefficient (Wildman–Crippen LogP) is 1.37. The molecule has 6 nitrogen and oxygen atoms in total. The number of halogens is 2. The van der Waals surface area contributed by atoms with Gasteiger partial charge in [0.1, 0.15) is 12.2 Å². The Hall–Kier alpha value is -2.51. The molecule has 1 N–H and O–H groups in total. The van der Waals surface area contributed by atoms with Crippen LogP contribution in [0.4, 0.5) is 8.78 Å². The van der Waals surface area contributed by atoms with E-state index < -0.39 is 11.6 Å². The van der Waals surface area contributed by atoms with Crippen molar-refractivity contribution < 1.29 is 18.3 Å². The molecule has 2 aromatic rings. The van der Waals surface area contributed by atoms with E-state index >= 15 is 0 Å². The minimum absolute atomic E-state index is 0.0425. The van der Waals surface area contributed by atoms with Gasteiger partial charge in [-0.05, 0) is 19.1 Å². The van der Waals surface area contributed by atoms with Crippen molar-refractivity contribution >= 4 is 5.91 Å². The summed E-state index contributed by atoms with van der Waals surface area (Å²) in [5.74, 6) is -2.57. The van der Waals surface area contributed by atoms with E-state index in [2.05, 4.69) is 15.6 Å². The van der Waals surface area contributed by atoms with Crippen molar-refractivity contribution in [3.05, 3.63) is 30.0 Å². The molecule has 0 aliphatic carbocycles. The average molecular weight is 296 g/mol. The molecule has 0 saturated heterocycles. The van der Waals surface area contributed by atoms with E-state index in [1.54, 1.807) is 6.92 Å². The van der Waals surface area contributed by atoms with Crippen LogP contribution < -0.4 is 10.1 Å². The Labute approximate surface area is 119 Å². The summed E-state index contributed by atoms with van der Waals surface area (Å²) in [5.41, 5.74) is 0.0949. The number of amides is 1. The van der Waals surface area contributed by atoms with Crippen molar-refractivity contribution in [2.75, 3.05) is 13.7 Å². The summed E-state index contributed by atoms with van der Waals surface area (Å²) in [6.07, 6.45) is 1.37. The van der Waals surface area contributed by atoms with Gasteiger partial charge >= 0.3 is 0 Å². The molecule has 0 saturated carbocycles. The fourth-order valence-corrected chi connectivity index (χ4v) is 1.72. The molecule has 0 fully saturated rings. The predicted molar refractivity (Wildman–Crippen MR) is 70.6 cm³/mol. The van der Waals surface area contributed by atoms with E-state index in [0.717, 1.165) is 0 Å². The van der Waals surface area contributed by atoms with Crippen LogP contribution in [0.1, 0.15) is 6.92 Å². The molecular weight excluding hydrogens is 282 g/mol. The minimum atomic E-state index is -1.07. The second kappa shape index (κ2) is 6.29. The van der Waals surface area contributed by atoms with Crippen LogP contribution in [0.3, 0.4) is 0 Å². The minimum Gasteiger partial charge on any atom is -0.491 e. The van der Waals surface area contributed by atoms with Gasteiger partial charge < -0.3 is 10.1 Å². The van der Waals surface area contributed by atoms with Crippen molar-refractivity contribution in [2.45, 2.75) is 13.5 Å². The van der Waals surface area contributed by atoms with Crippen molar-refractivity contribution in [3.63, 3.8) is 0 Å². The topological polar surface area (TPSA) is 69.0 Å². The Morgan fingerprint density at radius 1 is 1.38 bits per heavy atom. The summed E-state index contributed by atoms with van der Waals surface area (Å²) in [5, 5.41) is 9.86. The molecule has 0 spiro atoms. The van der Waals surface area contributed by atoms with Gasteiger partial charge in [-0.3, -0.25) is 4.79 Å². The monoisotopic (exact) mass is 296 g/mol. The Bertz CT molecular complexity index is 658. The number of benzene rings is 1. The molecule has 112 valence electrons. The van der Waals surface area contributed by atoms with E-state index in [9.17, 15) is 13.6 Å². The molecule has 0 atom stereocenters. The number of rotatable bonds is 5. The molecule has 0 radical (unpaired) electrons. The largest absolute Gasteiger partial charge is 0.491 e. The highest BCUT2D eigenvalue weighted by atomic mass is 19.2. The normalized spacial score (nSPS) is 10.5. The lowest BCUT2D eigenvalue weighted by atomic mass is 10.1. The number of nitrogens with zero attached hydrogens (tertiary/aromatic N) is 3. The molecule has 0 aliphatic heterocycles. The Balaban J connectivity index is 2.30. The number of hydrogen-bond acceptors (Lipinski definition) is 4. The van der Waals surface area contributed by atoms with Crippen LogP contribution in [0.15, 0.2) is 18.3 Å². The number of nitrogens with one attached hydrogen (secondary N) is 1. The van der Waals surface area contributed by atoms with Crippen molar-refractivity contribution in [3.8, 4) is 17.0 Å². The molecule has 1 heterocycles. The third kappa shape index (κ3) is 3.15. The number of likely N-dealkylation sites (N-methyl/N-ethyl adjacent to an activating group) is 1. The number of hydrogen-bond donors (Lipinski definition) is 1. The first kappa shape index (κ1) is 14.9. The first-order chi connectivity index (χ1) is 10.1. The number of carbonyl (C=O) groups is 1. The van der Waals surface area contributed by atoms with Gasteiger partial charge in [0.15, 0.2) is 11.6 Å². The van der Waals surface area contributed by atoms with Crippen LogP contribution in [0, 0.1) is 11.6 Å². The molecule has 0 unspecified atom stereocenters. The summed E-state index contributed by atoms with van der Waals surface area (Å²) >= 11 is 0. The Morgan fingerprint density at radius 3 is 2.81 bits per heavy atom. The van der Waals surface area contributed by atoms with Crippen LogP contribution >= 0.6 is 0 Å². The third-order valence-electron chi connectivity index (χ3n) is 2.75. The van der Waals surface area contributed by atoms with Crippen LogP contribution in [0.5, 0.6) is 5.75 Å². The fourth-order valence-electron chi connectivity index (χ4n) is 1.72. The van der Waals surface area contributed by atoms with Gasteiger partial charge in [-0.15, -0.1) is 5.10 Å². The van der Waals surface area contributed by atoms with E-state index in [0.29, 0.717) is 0 Å². The quantitative estimate of drug-likeness (QED) is 0.904. The van der Waals surface area contributed by atoms with Gasteiger partial charge in [0.25, 0.3) is 0 Å². The van der Waals surface area contributed by atoms with Crippen molar-refractivity contribution in [2.24, 2.45) is 0 Å². The number of carbonyl (C=O) groups excluding carboxylic acids is 1. The summed E-state index contributed by atoms with van der Waals surface area (Å²) < 4.78 is 34.0. The van der Waals surface area contributed by atoms with Gasteiger partial charge in [0.2, 0.25) is 11.7 Å². The molecule has 8 heteroatoms. The van der Waals surface area contributed by atoms with E-state index in [1.165, 1.54) is 30.1 Å². The second-order valence-corrected chi connectivity index (χ2v) is 4.15. The second-order valence-electron chi connectivity index (χ2n) is 4.15. The maximum Gasteiger partial charge on any atom is 0.241 e. The van der Waals surface area contributed by atoms with Gasteiger partial charge in [-0.25, -0.2) is 9.07 Å². The van der Waals surface area contributed by atoms with Crippen LogP contribution in [-0.4, -0.2) is 34.6 Å². The maximum absolute atomic E-state index is 14.0. The van der Waals surface area contributed by atoms with Crippen molar-refractivity contribution in [1.82, 2.24) is 20.3 Å². The SMILES string of the molecule is CCOc1ccc(-c2cn(CC(=O)NC)nn2)c(F)c1F. The fraction of sp³-hybridized carbons (Fsp3) is 0.308. The highest BCUT2D eigenvalue weighted by Crippen LogP contribution is 2.28. The molecule has 21 heavy (non-hydrogen) atoms. The van der Waals surface area contributed by atoms with Gasteiger partial charge in [0, 0.05) is 12.6 Å². The highest BCUT2D eigenvalue weighted by Gasteiger charge is 2.18. The van der Waals surface area contributed by atoms with Crippen LogP contribution in [0.2, 0.25) is 0 Å². The van der Waals surface area contributed by atoms with Gasteiger partial charge in [0.05, 0.1) is 12.8 Å².